The smallest absolute Gasteiger partial charge is 0.329 e. The van der Waals surface area contributed by atoms with Crippen LogP contribution >= 0.6 is 0 Å². The molecule has 3 rings (SSSR count). The Labute approximate surface area is 337 Å². The maximum atomic E-state index is 14.3. The second-order valence-corrected chi connectivity index (χ2v) is 16.3. The molecule has 0 spiro atoms. The number of benzene rings is 1. The van der Waals surface area contributed by atoms with Crippen molar-refractivity contribution in [1.82, 2.24) is 26.2 Å². The predicted molar refractivity (Wildman–Crippen MR) is 214 cm³/mol. The molecule has 0 radical (unpaired) electrons. The van der Waals surface area contributed by atoms with Gasteiger partial charge in [0.25, 0.3) is 5.91 Å². The molecule has 314 valence electrons. The number of hydrogen-bond acceptors (Lipinski definition) is 9. The number of carbonyl (C=O) groups excluding carboxylic acids is 7. The summed E-state index contributed by atoms with van der Waals surface area (Å²) >= 11 is 0. The number of esters is 2. The molecular formula is C43H63N5O9. The number of rotatable bonds is 10. The number of cyclic esters (lactones) is 2. The second-order valence-electron chi connectivity index (χ2n) is 16.3. The average molecular weight is 794 g/mol. The normalized spacial score (nSPS) is 26.9. The van der Waals surface area contributed by atoms with E-state index in [9.17, 15) is 33.6 Å². The molecule has 2 aliphatic rings. The highest BCUT2D eigenvalue weighted by Crippen LogP contribution is 2.29. The van der Waals surface area contributed by atoms with Crippen LogP contribution in [0.4, 0.5) is 0 Å². The van der Waals surface area contributed by atoms with Gasteiger partial charge in [0.05, 0.1) is 5.41 Å². The Bertz CT molecular complexity index is 1620. The van der Waals surface area contributed by atoms with E-state index in [1.165, 1.54) is 4.90 Å². The molecule has 14 nitrogen and oxygen atoms in total. The Morgan fingerprint density at radius 3 is 2.14 bits per heavy atom. The maximum absolute atomic E-state index is 14.3. The van der Waals surface area contributed by atoms with Gasteiger partial charge in [-0.05, 0) is 63.4 Å². The van der Waals surface area contributed by atoms with E-state index in [1.54, 1.807) is 65.8 Å². The standard InChI is InChI=1S/C43H63N5O9/c1-10-13-15-22-32-43(8,9)42(55)47-34(26(4)5)39(52)45-30(24-29-19-16-14-17-20-29)41(54)57-36(28(7)12-3)40(53)48-23-18-21-31(48)37(50)46-35(27(6)11-2)38(51)44-25-33(49)56-32/h1,14,16-17,19-20,26-28,30-32,34-36H,11-13,15,18,21-25H2,2-9H3,(H,44,51)(H,45,52)(H,46,50)(H,47,55). The van der Waals surface area contributed by atoms with Gasteiger partial charge in [0.1, 0.15) is 36.8 Å². The maximum Gasteiger partial charge on any atom is 0.329 e. The Balaban J connectivity index is 2.12. The van der Waals surface area contributed by atoms with Crippen LogP contribution < -0.4 is 21.3 Å². The third-order valence-corrected chi connectivity index (χ3v) is 11.3. The van der Waals surface area contributed by atoms with Crippen molar-refractivity contribution in [3.63, 3.8) is 0 Å². The van der Waals surface area contributed by atoms with Gasteiger partial charge < -0.3 is 35.6 Å². The molecule has 1 aromatic rings. The molecule has 2 aliphatic heterocycles. The molecule has 8 unspecified atom stereocenters. The van der Waals surface area contributed by atoms with E-state index in [4.69, 9.17) is 15.9 Å². The summed E-state index contributed by atoms with van der Waals surface area (Å²) in [5.74, 6) is -3.33. The van der Waals surface area contributed by atoms with Gasteiger partial charge in [-0.1, -0.05) is 78.3 Å². The van der Waals surface area contributed by atoms with Gasteiger partial charge in [-0.15, -0.1) is 12.3 Å². The fraction of sp³-hybridized carbons (Fsp3) is 0.651. The first-order chi connectivity index (χ1) is 27.0. The predicted octanol–water partition coefficient (Wildman–Crippen LogP) is 3.21. The average Bonchev–Trinajstić information content (AvgIpc) is 3.68. The Hall–Kier alpha value is -4.93. The molecule has 0 saturated carbocycles. The Kier molecular flexibility index (Phi) is 17.6. The van der Waals surface area contributed by atoms with Crippen LogP contribution in [0, 0.1) is 35.5 Å². The third-order valence-electron chi connectivity index (χ3n) is 11.3. The van der Waals surface area contributed by atoms with E-state index < -0.39 is 102 Å². The number of hydrogen-bond donors (Lipinski definition) is 4. The van der Waals surface area contributed by atoms with Crippen molar-refractivity contribution < 1.29 is 43.0 Å². The largest absolute Gasteiger partial charge is 0.460 e. The van der Waals surface area contributed by atoms with Crippen LogP contribution in [0.1, 0.15) is 106 Å². The molecule has 2 fully saturated rings. The fourth-order valence-corrected chi connectivity index (χ4v) is 6.99. The van der Waals surface area contributed by atoms with Crippen molar-refractivity contribution in [2.24, 2.45) is 23.2 Å². The first kappa shape index (κ1) is 46.5. The summed E-state index contributed by atoms with van der Waals surface area (Å²) in [6, 6.07) is 4.64. The van der Waals surface area contributed by atoms with Gasteiger partial charge in [-0.2, -0.15) is 0 Å². The van der Waals surface area contributed by atoms with E-state index >= 15 is 0 Å². The Morgan fingerprint density at radius 2 is 1.53 bits per heavy atom. The van der Waals surface area contributed by atoms with Crippen molar-refractivity contribution in [3.8, 4) is 12.3 Å². The number of ether oxygens (including phenoxy) is 2. The van der Waals surface area contributed by atoms with E-state index in [-0.39, 0.29) is 25.3 Å². The van der Waals surface area contributed by atoms with E-state index in [0.717, 1.165) is 0 Å². The third kappa shape index (κ3) is 12.5. The summed E-state index contributed by atoms with van der Waals surface area (Å²) in [6.45, 7) is 13.6. The number of nitrogens with one attached hydrogen (secondary N) is 4. The van der Waals surface area contributed by atoms with Gasteiger partial charge in [0, 0.05) is 25.3 Å². The number of terminal acetylenes is 1. The molecule has 0 aromatic heterocycles. The molecule has 8 atom stereocenters. The summed E-state index contributed by atoms with van der Waals surface area (Å²) < 4.78 is 11.9. The number of carbonyl (C=O) groups is 7. The van der Waals surface area contributed by atoms with Gasteiger partial charge in [0.15, 0.2) is 6.10 Å². The molecule has 4 N–H and O–H groups in total. The Morgan fingerprint density at radius 1 is 0.860 bits per heavy atom. The van der Waals surface area contributed by atoms with Crippen molar-refractivity contribution in [3.05, 3.63) is 35.9 Å². The quantitative estimate of drug-likeness (QED) is 0.157. The SMILES string of the molecule is C#CCCCC1OC(=O)CNC(=O)C(C(C)CC)NC(=O)C2CCCN2C(=O)C(C(C)CC)OC(=O)C(Cc2ccccc2)NC(=O)C(C(C)C)NC(=O)C1(C)C. The number of nitrogens with zero attached hydrogens (tertiary/aromatic N) is 1. The van der Waals surface area contributed by atoms with Crippen molar-refractivity contribution in [2.45, 2.75) is 143 Å². The minimum absolute atomic E-state index is 0.0259. The summed E-state index contributed by atoms with van der Waals surface area (Å²) in [5.41, 5.74) is -0.669. The van der Waals surface area contributed by atoms with Crippen LogP contribution in [0.25, 0.3) is 0 Å². The van der Waals surface area contributed by atoms with E-state index in [1.807, 2.05) is 19.9 Å². The van der Waals surface area contributed by atoms with Crippen LogP contribution in [0.15, 0.2) is 30.3 Å². The topological polar surface area (TPSA) is 189 Å². The molecule has 14 heteroatoms. The van der Waals surface area contributed by atoms with Crippen LogP contribution in [-0.2, 0) is 49.5 Å². The van der Waals surface area contributed by atoms with Crippen LogP contribution in [0.5, 0.6) is 0 Å². The zero-order chi connectivity index (χ0) is 42.4. The molecule has 57 heavy (non-hydrogen) atoms. The minimum Gasteiger partial charge on any atom is -0.460 e. The molecule has 0 bridgehead atoms. The van der Waals surface area contributed by atoms with Crippen LogP contribution in [-0.4, -0.2) is 95.8 Å². The number of unbranched alkanes of at least 4 members (excludes halogenated alkanes) is 1. The highest BCUT2D eigenvalue weighted by Gasteiger charge is 2.44. The van der Waals surface area contributed by atoms with E-state index in [0.29, 0.717) is 44.1 Å². The molecule has 2 saturated heterocycles. The molecule has 2 heterocycles. The zero-order valence-electron chi connectivity index (χ0n) is 34.9. The molecule has 0 aliphatic carbocycles. The van der Waals surface area contributed by atoms with Gasteiger partial charge in [-0.3, -0.25) is 28.8 Å². The van der Waals surface area contributed by atoms with Crippen LogP contribution in [0.2, 0.25) is 0 Å². The van der Waals surface area contributed by atoms with E-state index in [2.05, 4.69) is 27.2 Å². The van der Waals surface area contributed by atoms with Crippen LogP contribution in [0.3, 0.4) is 0 Å². The lowest BCUT2D eigenvalue weighted by Gasteiger charge is -2.35. The summed E-state index contributed by atoms with van der Waals surface area (Å²) in [4.78, 5) is 98.9. The monoisotopic (exact) mass is 793 g/mol. The van der Waals surface area contributed by atoms with Gasteiger partial charge in [0.2, 0.25) is 23.6 Å². The van der Waals surface area contributed by atoms with Crippen molar-refractivity contribution in [1.29, 1.82) is 0 Å². The summed E-state index contributed by atoms with van der Waals surface area (Å²) in [7, 11) is 0. The zero-order valence-corrected chi connectivity index (χ0v) is 34.9. The molecular weight excluding hydrogens is 730 g/mol. The lowest BCUT2D eigenvalue weighted by atomic mass is 9.82. The highest BCUT2D eigenvalue weighted by atomic mass is 16.6. The first-order valence-corrected chi connectivity index (χ1v) is 20.3. The van der Waals surface area contributed by atoms with Gasteiger partial charge >= 0.3 is 11.9 Å². The summed E-state index contributed by atoms with van der Waals surface area (Å²) in [5, 5.41) is 11.0. The lowest BCUT2D eigenvalue weighted by Crippen LogP contribution is -2.59. The summed E-state index contributed by atoms with van der Waals surface area (Å²) in [6.07, 6.45) is 6.04. The van der Waals surface area contributed by atoms with Crippen molar-refractivity contribution >= 4 is 41.5 Å². The molecule has 5 amide bonds. The lowest BCUT2D eigenvalue weighted by molar-refractivity contribution is -0.167. The first-order valence-electron chi connectivity index (χ1n) is 20.3. The fourth-order valence-electron chi connectivity index (χ4n) is 6.99. The minimum atomic E-state index is -1.38. The molecule has 1 aromatic carbocycles. The number of amides is 5. The second kappa shape index (κ2) is 21.6. The number of fused-ring (bicyclic) bond motifs is 1. The van der Waals surface area contributed by atoms with Gasteiger partial charge in [-0.25, -0.2) is 4.79 Å². The highest BCUT2D eigenvalue weighted by molar-refractivity contribution is 5.96. The van der Waals surface area contributed by atoms with Crippen molar-refractivity contribution in [2.75, 3.05) is 13.1 Å².